The van der Waals surface area contributed by atoms with Gasteiger partial charge in [0.05, 0.1) is 18.4 Å². The Balaban J connectivity index is 1.51. The van der Waals surface area contributed by atoms with Gasteiger partial charge in [-0.2, -0.15) is 0 Å². The summed E-state index contributed by atoms with van der Waals surface area (Å²) in [7, 11) is 0. The molecule has 0 radical (unpaired) electrons. The molecule has 0 spiro atoms. The van der Waals surface area contributed by atoms with E-state index in [4.69, 9.17) is 21.4 Å². The van der Waals surface area contributed by atoms with Gasteiger partial charge in [0.15, 0.2) is 10.9 Å². The lowest BCUT2D eigenvalue weighted by Crippen LogP contribution is -2.51. The zero-order valence-corrected chi connectivity index (χ0v) is 15.8. The van der Waals surface area contributed by atoms with Crippen molar-refractivity contribution in [1.82, 2.24) is 9.80 Å². The number of rotatable bonds is 4. The van der Waals surface area contributed by atoms with Crippen LogP contribution in [0.3, 0.4) is 0 Å². The summed E-state index contributed by atoms with van der Waals surface area (Å²) in [6.45, 7) is 4.54. The van der Waals surface area contributed by atoms with Gasteiger partial charge in [-0.1, -0.05) is 0 Å². The highest BCUT2D eigenvalue weighted by Crippen LogP contribution is 2.14. The van der Waals surface area contributed by atoms with Gasteiger partial charge < -0.3 is 24.3 Å². The van der Waals surface area contributed by atoms with E-state index in [1.807, 2.05) is 4.90 Å². The average Bonchev–Trinajstić information content (AvgIpc) is 3.23. The van der Waals surface area contributed by atoms with E-state index in [1.165, 1.54) is 6.26 Å². The lowest BCUT2D eigenvalue weighted by Gasteiger charge is -2.35. The molecular weight excluding hydrogens is 366 g/mol. The van der Waals surface area contributed by atoms with Gasteiger partial charge >= 0.3 is 5.97 Å². The Labute approximate surface area is 162 Å². The highest BCUT2D eigenvalue weighted by Gasteiger charge is 2.24. The molecule has 2 heterocycles. The van der Waals surface area contributed by atoms with Gasteiger partial charge in [-0.05, 0) is 55.5 Å². The van der Waals surface area contributed by atoms with Crippen LogP contribution in [0.1, 0.15) is 27.8 Å². The molecule has 1 N–H and O–H groups in total. The Morgan fingerprint density at radius 2 is 1.78 bits per heavy atom. The van der Waals surface area contributed by atoms with Crippen LogP contribution >= 0.6 is 12.2 Å². The molecule has 0 saturated carbocycles. The minimum Gasteiger partial charge on any atom is -0.462 e. The molecular formula is C19H21N3O4S. The molecule has 1 saturated heterocycles. The van der Waals surface area contributed by atoms with Crippen LogP contribution in [-0.2, 0) is 4.74 Å². The number of anilines is 1. The Morgan fingerprint density at radius 3 is 2.37 bits per heavy atom. The molecule has 1 amide bonds. The molecule has 1 aliphatic rings. The Bertz CT molecular complexity index is 797. The quantitative estimate of drug-likeness (QED) is 0.638. The van der Waals surface area contributed by atoms with Crippen molar-refractivity contribution in [3.63, 3.8) is 0 Å². The summed E-state index contributed by atoms with van der Waals surface area (Å²) in [5, 5.41) is 3.75. The molecule has 7 nitrogen and oxygen atoms in total. The summed E-state index contributed by atoms with van der Waals surface area (Å²) >= 11 is 5.47. The number of amides is 1. The number of esters is 1. The van der Waals surface area contributed by atoms with Gasteiger partial charge in [0, 0.05) is 31.9 Å². The predicted octanol–water partition coefficient (Wildman–Crippen LogP) is 2.61. The number of thiocarbonyl (C=S) groups is 1. The second kappa shape index (κ2) is 8.68. The first kappa shape index (κ1) is 18.9. The number of nitrogens with one attached hydrogen (secondary N) is 1. The van der Waals surface area contributed by atoms with E-state index in [1.54, 1.807) is 48.2 Å². The molecule has 0 unspecified atom stereocenters. The first-order chi connectivity index (χ1) is 13.1. The van der Waals surface area contributed by atoms with Crippen LogP contribution < -0.4 is 5.32 Å². The molecule has 1 aromatic heterocycles. The number of hydrogen-bond acceptors (Lipinski definition) is 5. The number of nitrogens with zero attached hydrogens (tertiary/aromatic N) is 2. The van der Waals surface area contributed by atoms with Gasteiger partial charge in [0.2, 0.25) is 0 Å². The fourth-order valence-electron chi connectivity index (χ4n) is 2.78. The highest BCUT2D eigenvalue weighted by molar-refractivity contribution is 7.80. The van der Waals surface area contributed by atoms with Crippen LogP contribution in [0.4, 0.5) is 5.69 Å². The monoisotopic (exact) mass is 387 g/mol. The lowest BCUT2D eigenvalue weighted by molar-refractivity contribution is 0.0526. The third-order valence-electron chi connectivity index (χ3n) is 4.23. The van der Waals surface area contributed by atoms with Gasteiger partial charge in [-0.15, -0.1) is 0 Å². The minimum atomic E-state index is -0.344. The van der Waals surface area contributed by atoms with Crippen LogP contribution in [0.2, 0.25) is 0 Å². The predicted molar refractivity (Wildman–Crippen MR) is 105 cm³/mol. The summed E-state index contributed by atoms with van der Waals surface area (Å²) < 4.78 is 10.1. The Hall–Kier alpha value is -2.87. The fraction of sp³-hybridized carbons (Fsp3) is 0.316. The van der Waals surface area contributed by atoms with E-state index < -0.39 is 0 Å². The average molecular weight is 387 g/mol. The molecule has 2 aromatic rings. The van der Waals surface area contributed by atoms with Crippen molar-refractivity contribution < 1.29 is 18.7 Å². The standard InChI is InChI=1S/C19H21N3O4S/c1-2-25-18(24)14-5-7-15(8-6-14)20-19(27)22-11-9-21(10-12-22)17(23)16-4-3-13-26-16/h3-8,13H,2,9-12H2,1H3,(H,20,27). The normalized spacial score (nSPS) is 14.0. The van der Waals surface area contributed by atoms with Crippen molar-refractivity contribution in [3.8, 4) is 0 Å². The van der Waals surface area contributed by atoms with Crippen LogP contribution in [0.25, 0.3) is 0 Å². The minimum absolute atomic E-state index is 0.104. The Kier molecular flexibility index (Phi) is 6.08. The topological polar surface area (TPSA) is 75.0 Å². The van der Waals surface area contributed by atoms with Gasteiger partial charge in [0.25, 0.3) is 5.91 Å². The number of carbonyl (C=O) groups is 2. The van der Waals surface area contributed by atoms with Crippen LogP contribution in [0.5, 0.6) is 0 Å². The number of furan rings is 1. The van der Waals surface area contributed by atoms with Gasteiger partial charge in [0.1, 0.15) is 0 Å². The maximum absolute atomic E-state index is 12.3. The number of carbonyl (C=O) groups excluding carboxylic acids is 2. The van der Waals surface area contributed by atoms with E-state index in [0.29, 0.717) is 49.2 Å². The van der Waals surface area contributed by atoms with Crippen molar-refractivity contribution in [3.05, 3.63) is 54.0 Å². The largest absolute Gasteiger partial charge is 0.462 e. The van der Waals surface area contributed by atoms with Crippen molar-refractivity contribution in [1.29, 1.82) is 0 Å². The van der Waals surface area contributed by atoms with E-state index in [0.717, 1.165) is 5.69 Å². The second-order valence-corrected chi connectivity index (χ2v) is 6.37. The first-order valence-electron chi connectivity index (χ1n) is 8.74. The van der Waals surface area contributed by atoms with Crippen LogP contribution in [0.15, 0.2) is 47.1 Å². The van der Waals surface area contributed by atoms with Crippen molar-refractivity contribution in [2.45, 2.75) is 6.92 Å². The zero-order chi connectivity index (χ0) is 19.2. The molecule has 0 atom stereocenters. The molecule has 1 aliphatic heterocycles. The summed E-state index contributed by atoms with van der Waals surface area (Å²) in [6.07, 6.45) is 1.50. The molecule has 1 fully saturated rings. The maximum atomic E-state index is 12.3. The summed E-state index contributed by atoms with van der Waals surface area (Å²) in [4.78, 5) is 27.7. The zero-order valence-electron chi connectivity index (χ0n) is 15.0. The molecule has 142 valence electrons. The van der Waals surface area contributed by atoms with E-state index >= 15 is 0 Å². The first-order valence-corrected chi connectivity index (χ1v) is 9.15. The summed E-state index contributed by atoms with van der Waals surface area (Å²) in [6, 6.07) is 10.3. The summed E-state index contributed by atoms with van der Waals surface area (Å²) in [5.41, 5.74) is 1.29. The summed E-state index contributed by atoms with van der Waals surface area (Å²) in [5.74, 6) is -0.0945. The third kappa shape index (κ3) is 4.65. The molecule has 0 aliphatic carbocycles. The molecule has 8 heteroatoms. The number of benzene rings is 1. The van der Waals surface area contributed by atoms with E-state index in [-0.39, 0.29) is 11.9 Å². The molecule has 3 rings (SSSR count). The van der Waals surface area contributed by atoms with Crippen molar-refractivity contribution >= 4 is 34.9 Å². The maximum Gasteiger partial charge on any atom is 0.338 e. The number of piperazine rings is 1. The smallest absolute Gasteiger partial charge is 0.338 e. The molecule has 27 heavy (non-hydrogen) atoms. The SMILES string of the molecule is CCOC(=O)c1ccc(NC(=S)N2CCN(C(=O)c3ccco3)CC2)cc1. The second-order valence-electron chi connectivity index (χ2n) is 5.98. The van der Waals surface area contributed by atoms with E-state index in [2.05, 4.69) is 5.32 Å². The van der Waals surface area contributed by atoms with Crippen molar-refractivity contribution in [2.24, 2.45) is 0 Å². The highest BCUT2D eigenvalue weighted by atomic mass is 32.1. The number of ether oxygens (including phenoxy) is 1. The molecule has 1 aromatic carbocycles. The number of hydrogen-bond donors (Lipinski definition) is 1. The third-order valence-corrected chi connectivity index (χ3v) is 4.59. The molecule has 0 bridgehead atoms. The lowest BCUT2D eigenvalue weighted by atomic mass is 10.2. The Morgan fingerprint density at radius 1 is 1.11 bits per heavy atom. The van der Waals surface area contributed by atoms with Crippen LogP contribution in [-0.4, -0.2) is 59.6 Å². The fourth-order valence-corrected chi connectivity index (χ4v) is 3.08. The van der Waals surface area contributed by atoms with E-state index in [9.17, 15) is 9.59 Å². The van der Waals surface area contributed by atoms with Gasteiger partial charge in [-0.25, -0.2) is 4.79 Å². The van der Waals surface area contributed by atoms with Gasteiger partial charge in [-0.3, -0.25) is 4.79 Å². The van der Waals surface area contributed by atoms with Crippen molar-refractivity contribution in [2.75, 3.05) is 38.1 Å². The van der Waals surface area contributed by atoms with Crippen LogP contribution in [0, 0.1) is 0 Å².